The van der Waals surface area contributed by atoms with E-state index in [2.05, 4.69) is 5.32 Å². The topological polar surface area (TPSA) is 102 Å². The first kappa shape index (κ1) is 25.9. The van der Waals surface area contributed by atoms with E-state index in [1.54, 1.807) is 18.2 Å². The maximum atomic E-state index is 13.7. The van der Waals surface area contributed by atoms with Crippen molar-refractivity contribution in [2.45, 2.75) is 51.7 Å². The Labute approximate surface area is 205 Å². The molecule has 3 rings (SSSR count). The molecule has 0 spiro atoms. The fourth-order valence-corrected chi connectivity index (χ4v) is 4.43. The van der Waals surface area contributed by atoms with Gasteiger partial charge < -0.3 is 19.7 Å². The Morgan fingerprint density at radius 2 is 1.89 bits per heavy atom. The zero-order valence-corrected chi connectivity index (χ0v) is 20.5. The van der Waals surface area contributed by atoms with Crippen LogP contribution in [0.4, 0.5) is 0 Å². The van der Waals surface area contributed by atoms with Gasteiger partial charge in [-0.1, -0.05) is 44.2 Å². The van der Waals surface area contributed by atoms with E-state index in [1.165, 1.54) is 18.9 Å². The number of nitrogens with one attached hydrogen (secondary N) is 1. The molecule has 0 saturated carbocycles. The Balaban J connectivity index is 2.00. The molecule has 8 nitrogen and oxygen atoms in total. The number of ether oxygens (including phenoxy) is 2. The normalized spacial score (nSPS) is 16.0. The highest BCUT2D eigenvalue weighted by atomic mass is 16.5. The number of carbonyl (C=O) groups excluding carboxylic acids is 4. The van der Waals surface area contributed by atoms with Gasteiger partial charge in [0.2, 0.25) is 11.8 Å². The highest BCUT2D eigenvalue weighted by Gasteiger charge is 2.40. The third-order valence-corrected chi connectivity index (χ3v) is 6.04. The van der Waals surface area contributed by atoms with Crippen molar-refractivity contribution >= 4 is 24.1 Å². The van der Waals surface area contributed by atoms with Crippen LogP contribution in [0.25, 0.3) is 0 Å². The molecule has 2 amide bonds. The van der Waals surface area contributed by atoms with Crippen molar-refractivity contribution in [2.75, 3.05) is 13.7 Å². The van der Waals surface area contributed by atoms with Crippen LogP contribution < -0.4 is 10.1 Å². The van der Waals surface area contributed by atoms with Gasteiger partial charge in [-0.05, 0) is 36.1 Å². The van der Waals surface area contributed by atoms with Gasteiger partial charge in [0.05, 0.1) is 13.2 Å². The van der Waals surface area contributed by atoms with Crippen molar-refractivity contribution in [3.8, 4) is 5.75 Å². The molecule has 1 unspecified atom stereocenters. The first-order valence-corrected chi connectivity index (χ1v) is 11.7. The van der Waals surface area contributed by atoms with Gasteiger partial charge in [0.15, 0.2) is 0 Å². The third-order valence-electron chi connectivity index (χ3n) is 6.04. The van der Waals surface area contributed by atoms with Gasteiger partial charge in [-0.2, -0.15) is 0 Å². The number of hydrogen-bond donors (Lipinski definition) is 1. The predicted molar refractivity (Wildman–Crippen MR) is 130 cm³/mol. The fraction of sp³-hybridized carbons (Fsp3) is 0.407. The Morgan fingerprint density at radius 3 is 2.49 bits per heavy atom. The van der Waals surface area contributed by atoms with Gasteiger partial charge in [0, 0.05) is 24.5 Å². The number of amides is 2. The molecule has 1 aliphatic rings. The number of benzene rings is 2. The summed E-state index contributed by atoms with van der Waals surface area (Å²) < 4.78 is 10.7. The minimum Gasteiger partial charge on any atom is -0.491 e. The number of fused-ring (bicyclic) bond motifs is 1. The van der Waals surface area contributed by atoms with Crippen molar-refractivity contribution in [3.05, 3.63) is 65.2 Å². The van der Waals surface area contributed by atoms with Gasteiger partial charge >= 0.3 is 5.97 Å². The zero-order chi connectivity index (χ0) is 25.5. The van der Waals surface area contributed by atoms with Crippen LogP contribution in [0.3, 0.4) is 0 Å². The van der Waals surface area contributed by atoms with Crippen LogP contribution in [0.15, 0.2) is 48.5 Å². The molecule has 0 aliphatic carbocycles. The van der Waals surface area contributed by atoms with Gasteiger partial charge in [0.25, 0.3) is 0 Å². The Bertz CT molecular complexity index is 1070. The van der Waals surface area contributed by atoms with E-state index >= 15 is 0 Å². The summed E-state index contributed by atoms with van der Waals surface area (Å²) in [5, 5.41) is 2.82. The maximum Gasteiger partial charge on any atom is 0.328 e. The molecule has 2 aromatic rings. The average molecular weight is 481 g/mol. The van der Waals surface area contributed by atoms with Crippen molar-refractivity contribution in [3.63, 3.8) is 0 Å². The summed E-state index contributed by atoms with van der Waals surface area (Å²) in [5.74, 6) is -0.617. The SMILES string of the molecule is COC(=O)[C@H](CC(C)C)NC(=O)[C@H](Cc1ccccc1)N(C(C)=O)C1COc2ccc(C=O)cc21. The highest BCUT2D eigenvalue weighted by Crippen LogP contribution is 2.38. The summed E-state index contributed by atoms with van der Waals surface area (Å²) in [5.41, 5.74) is 1.98. The Kier molecular flexibility index (Phi) is 8.63. The predicted octanol–water partition coefficient (Wildman–Crippen LogP) is 3.10. The van der Waals surface area contributed by atoms with Gasteiger partial charge in [0.1, 0.15) is 30.7 Å². The van der Waals surface area contributed by atoms with E-state index in [9.17, 15) is 19.2 Å². The molecule has 1 aliphatic heterocycles. The lowest BCUT2D eigenvalue weighted by Crippen LogP contribution is -2.55. The van der Waals surface area contributed by atoms with Crippen LogP contribution in [-0.4, -0.2) is 54.8 Å². The van der Waals surface area contributed by atoms with Gasteiger partial charge in [-0.3, -0.25) is 14.4 Å². The summed E-state index contributed by atoms with van der Waals surface area (Å²) in [6, 6.07) is 12.1. The summed E-state index contributed by atoms with van der Waals surface area (Å²) in [4.78, 5) is 52.0. The van der Waals surface area contributed by atoms with Crippen LogP contribution in [0, 0.1) is 5.92 Å². The third kappa shape index (κ3) is 6.26. The number of methoxy groups -OCH3 is 1. The maximum absolute atomic E-state index is 13.7. The van der Waals surface area contributed by atoms with E-state index in [0.717, 1.165) is 11.8 Å². The smallest absolute Gasteiger partial charge is 0.328 e. The summed E-state index contributed by atoms with van der Waals surface area (Å²) in [6.45, 7) is 5.45. The first-order chi connectivity index (χ1) is 16.7. The average Bonchev–Trinajstić information content (AvgIpc) is 3.25. The standard InChI is InChI=1S/C27H32N2O6/c1-17(2)12-22(27(33)34-4)28-26(32)23(14-19-8-6-5-7-9-19)29(18(3)31)24-16-35-25-11-10-20(15-30)13-21(24)25/h5-11,13,15,17,22-24H,12,14,16H2,1-4H3,(H,28,32)/t22-,23-,24?/m0/s1. The van der Waals surface area contributed by atoms with E-state index < -0.39 is 30.0 Å². The van der Waals surface area contributed by atoms with Crippen molar-refractivity contribution in [1.82, 2.24) is 10.2 Å². The molecule has 0 bridgehead atoms. The monoisotopic (exact) mass is 480 g/mol. The number of aldehydes is 1. The van der Waals surface area contributed by atoms with Crippen LogP contribution >= 0.6 is 0 Å². The molecule has 8 heteroatoms. The number of rotatable bonds is 10. The summed E-state index contributed by atoms with van der Waals surface area (Å²) >= 11 is 0. The minimum atomic E-state index is -0.923. The number of nitrogens with zero attached hydrogens (tertiary/aromatic N) is 1. The van der Waals surface area contributed by atoms with Crippen LogP contribution in [0.1, 0.15) is 54.7 Å². The van der Waals surface area contributed by atoms with Crippen molar-refractivity contribution < 1.29 is 28.7 Å². The molecule has 35 heavy (non-hydrogen) atoms. The van der Waals surface area contributed by atoms with E-state index in [0.29, 0.717) is 23.3 Å². The second kappa shape index (κ2) is 11.6. The number of esters is 1. The molecule has 3 atom stereocenters. The second-order valence-corrected chi connectivity index (χ2v) is 9.09. The molecule has 0 fully saturated rings. The van der Waals surface area contributed by atoms with E-state index in [1.807, 2.05) is 44.2 Å². The molecular formula is C27H32N2O6. The Hall–Kier alpha value is -3.68. The molecule has 0 saturated heterocycles. The highest BCUT2D eigenvalue weighted by molar-refractivity contribution is 5.91. The Morgan fingerprint density at radius 1 is 1.17 bits per heavy atom. The van der Waals surface area contributed by atoms with Crippen LogP contribution in [0.2, 0.25) is 0 Å². The first-order valence-electron chi connectivity index (χ1n) is 11.7. The van der Waals surface area contributed by atoms with Crippen LogP contribution in [0.5, 0.6) is 5.75 Å². The van der Waals surface area contributed by atoms with Crippen LogP contribution in [-0.2, 0) is 25.5 Å². The zero-order valence-electron chi connectivity index (χ0n) is 20.5. The lowest BCUT2D eigenvalue weighted by molar-refractivity contribution is -0.148. The molecule has 2 aromatic carbocycles. The van der Waals surface area contributed by atoms with Gasteiger partial charge in [-0.15, -0.1) is 0 Å². The molecular weight excluding hydrogens is 448 g/mol. The second-order valence-electron chi connectivity index (χ2n) is 9.09. The molecule has 186 valence electrons. The summed E-state index contributed by atoms with van der Waals surface area (Å²) in [6.07, 6.45) is 1.37. The van der Waals surface area contributed by atoms with Gasteiger partial charge in [-0.25, -0.2) is 4.79 Å². The quantitative estimate of drug-likeness (QED) is 0.414. The lowest BCUT2D eigenvalue weighted by atomic mass is 9.97. The van der Waals surface area contributed by atoms with E-state index in [-0.39, 0.29) is 24.9 Å². The number of hydrogen-bond acceptors (Lipinski definition) is 6. The van der Waals surface area contributed by atoms with E-state index in [4.69, 9.17) is 9.47 Å². The number of carbonyl (C=O) groups is 4. The fourth-order valence-electron chi connectivity index (χ4n) is 4.43. The molecule has 0 aromatic heterocycles. The molecule has 0 radical (unpaired) electrons. The molecule has 1 N–H and O–H groups in total. The lowest BCUT2D eigenvalue weighted by Gasteiger charge is -2.35. The largest absolute Gasteiger partial charge is 0.491 e. The van der Waals surface area contributed by atoms with Crippen molar-refractivity contribution in [2.24, 2.45) is 5.92 Å². The molecule has 1 heterocycles. The summed E-state index contributed by atoms with van der Waals surface area (Å²) in [7, 11) is 1.28. The minimum absolute atomic E-state index is 0.132. The van der Waals surface area contributed by atoms with Crippen molar-refractivity contribution in [1.29, 1.82) is 0 Å².